The van der Waals surface area contributed by atoms with Crippen molar-refractivity contribution in [2.75, 3.05) is 0 Å². The van der Waals surface area contributed by atoms with E-state index in [0.29, 0.717) is 0 Å². The van der Waals surface area contributed by atoms with E-state index in [0.717, 1.165) is 11.2 Å². The second-order valence-corrected chi connectivity index (χ2v) is 17.2. The lowest BCUT2D eigenvalue weighted by Gasteiger charge is -2.22. The second-order valence-electron chi connectivity index (χ2n) is 17.2. The molecular weight excluding hydrogens is 725 g/mol. The van der Waals surface area contributed by atoms with E-state index in [4.69, 9.17) is 4.42 Å². The Hall–Kier alpha value is -7.48. The van der Waals surface area contributed by atoms with Crippen LogP contribution in [-0.2, 0) is 5.41 Å². The van der Waals surface area contributed by atoms with Crippen molar-refractivity contribution < 1.29 is 4.42 Å². The zero-order valence-electron chi connectivity index (χ0n) is 33.4. The number of furan rings is 1. The molecule has 1 heterocycles. The number of benzene rings is 11. The predicted molar refractivity (Wildman–Crippen MR) is 255 cm³/mol. The zero-order valence-corrected chi connectivity index (χ0v) is 33.4. The first kappa shape index (κ1) is 33.5. The van der Waals surface area contributed by atoms with Crippen LogP contribution in [0.3, 0.4) is 0 Å². The van der Waals surface area contributed by atoms with Crippen molar-refractivity contribution in [2.45, 2.75) is 19.3 Å². The van der Waals surface area contributed by atoms with Crippen molar-refractivity contribution in [1.29, 1.82) is 0 Å². The lowest BCUT2D eigenvalue weighted by molar-refractivity contribution is 0.661. The molecule has 1 aromatic heterocycles. The smallest absolute Gasteiger partial charge is 0.136 e. The maximum atomic E-state index is 6.34. The van der Waals surface area contributed by atoms with Gasteiger partial charge in [0.15, 0.2) is 0 Å². The molecule has 0 unspecified atom stereocenters. The van der Waals surface area contributed by atoms with Crippen LogP contribution in [0.2, 0.25) is 0 Å². The molecule has 0 atom stereocenters. The molecule has 0 bridgehead atoms. The van der Waals surface area contributed by atoms with Crippen LogP contribution in [0.15, 0.2) is 199 Å². The topological polar surface area (TPSA) is 13.1 Å². The number of fused-ring (bicyclic) bond motifs is 11. The summed E-state index contributed by atoms with van der Waals surface area (Å²) in [5.74, 6) is 0. The van der Waals surface area contributed by atoms with Crippen molar-refractivity contribution in [1.82, 2.24) is 0 Å². The minimum absolute atomic E-state index is 0.128. The average molecular weight is 763 g/mol. The fraction of sp³-hybridized carbons (Fsp3) is 0.0508. The van der Waals surface area contributed by atoms with Crippen LogP contribution in [0.4, 0.5) is 0 Å². The van der Waals surface area contributed by atoms with E-state index in [1.807, 2.05) is 6.07 Å². The van der Waals surface area contributed by atoms with E-state index in [1.165, 1.54) is 120 Å². The molecule has 1 aliphatic rings. The Morgan fingerprint density at radius 1 is 0.300 bits per heavy atom. The van der Waals surface area contributed by atoms with Crippen LogP contribution in [0, 0.1) is 0 Å². The second kappa shape index (κ2) is 12.3. The molecule has 12 aromatic rings. The Morgan fingerprint density at radius 3 is 1.55 bits per heavy atom. The maximum Gasteiger partial charge on any atom is 0.136 e. The van der Waals surface area contributed by atoms with Crippen LogP contribution in [-0.4, -0.2) is 0 Å². The summed E-state index contributed by atoms with van der Waals surface area (Å²) in [4.78, 5) is 0. The van der Waals surface area contributed by atoms with Gasteiger partial charge < -0.3 is 4.42 Å². The third-order valence-corrected chi connectivity index (χ3v) is 13.6. The summed E-state index contributed by atoms with van der Waals surface area (Å²) >= 11 is 0. The quantitative estimate of drug-likeness (QED) is 0.163. The van der Waals surface area contributed by atoms with Crippen LogP contribution < -0.4 is 0 Å². The van der Waals surface area contributed by atoms with E-state index < -0.39 is 0 Å². The largest absolute Gasteiger partial charge is 0.456 e. The molecule has 11 aromatic carbocycles. The van der Waals surface area contributed by atoms with Crippen LogP contribution in [0.5, 0.6) is 0 Å². The minimum Gasteiger partial charge on any atom is -0.456 e. The first-order valence-electron chi connectivity index (χ1n) is 21.0. The molecule has 1 heteroatoms. The minimum atomic E-state index is -0.128. The lowest BCUT2D eigenvalue weighted by atomic mass is 9.81. The fourth-order valence-corrected chi connectivity index (χ4v) is 10.8. The molecular formula is C59H38O. The van der Waals surface area contributed by atoms with Crippen molar-refractivity contribution >= 4 is 75.8 Å². The van der Waals surface area contributed by atoms with Gasteiger partial charge in [0.05, 0.1) is 0 Å². The standard InChI is InChI=1S/C59H38O/c1-59(2)53-29-26-36(30-50(53)51-31-38-34-56-52(32-37(38)33-54(51)59)43-19-11-12-25-55(43)60-56)40-27-28-49(42-18-6-5-17-41(40)42)58-47-22-9-7-20-45(47)57(46-21-8-10-23-48(46)58)44-24-13-15-35-14-3-4-16-39(35)44/h3-34H,1-2H3. The molecule has 0 aliphatic heterocycles. The first-order chi connectivity index (χ1) is 29.5. The van der Waals surface area contributed by atoms with Gasteiger partial charge in [0.2, 0.25) is 0 Å². The van der Waals surface area contributed by atoms with E-state index in [2.05, 4.69) is 202 Å². The molecule has 1 aliphatic carbocycles. The van der Waals surface area contributed by atoms with Gasteiger partial charge in [0.25, 0.3) is 0 Å². The summed E-state index contributed by atoms with van der Waals surface area (Å²) in [5, 5.41) is 14.9. The molecule has 0 radical (unpaired) electrons. The summed E-state index contributed by atoms with van der Waals surface area (Å²) in [5.41, 5.74) is 14.7. The third kappa shape index (κ3) is 4.63. The molecule has 0 amide bonds. The highest BCUT2D eigenvalue weighted by molar-refractivity contribution is 6.26. The number of hydrogen-bond donors (Lipinski definition) is 0. The van der Waals surface area contributed by atoms with Crippen molar-refractivity contribution in [3.8, 4) is 44.5 Å². The lowest BCUT2D eigenvalue weighted by Crippen LogP contribution is -2.14. The van der Waals surface area contributed by atoms with Gasteiger partial charge in [-0.25, -0.2) is 0 Å². The van der Waals surface area contributed by atoms with Crippen LogP contribution in [0.25, 0.3) is 120 Å². The number of para-hydroxylation sites is 1. The highest BCUT2D eigenvalue weighted by atomic mass is 16.3. The van der Waals surface area contributed by atoms with Gasteiger partial charge in [-0.3, -0.25) is 0 Å². The van der Waals surface area contributed by atoms with Gasteiger partial charge in [0, 0.05) is 16.2 Å². The van der Waals surface area contributed by atoms with Gasteiger partial charge >= 0.3 is 0 Å². The molecule has 1 nitrogen and oxygen atoms in total. The summed E-state index contributed by atoms with van der Waals surface area (Å²) in [6.07, 6.45) is 0. The van der Waals surface area contributed by atoms with E-state index in [9.17, 15) is 0 Å². The Bertz CT molecular complexity index is 3740. The number of rotatable bonds is 3. The zero-order chi connectivity index (χ0) is 39.7. The molecule has 60 heavy (non-hydrogen) atoms. The highest BCUT2D eigenvalue weighted by Crippen LogP contribution is 2.52. The van der Waals surface area contributed by atoms with Gasteiger partial charge in [-0.2, -0.15) is 0 Å². The fourth-order valence-electron chi connectivity index (χ4n) is 10.8. The number of hydrogen-bond acceptors (Lipinski definition) is 1. The van der Waals surface area contributed by atoms with Crippen molar-refractivity contribution in [3.63, 3.8) is 0 Å². The van der Waals surface area contributed by atoms with Gasteiger partial charge in [-0.1, -0.05) is 172 Å². The van der Waals surface area contributed by atoms with Gasteiger partial charge in [-0.15, -0.1) is 0 Å². The Labute approximate surface area is 347 Å². The van der Waals surface area contributed by atoms with E-state index in [-0.39, 0.29) is 5.41 Å². The molecule has 0 N–H and O–H groups in total. The first-order valence-corrected chi connectivity index (χ1v) is 21.0. The predicted octanol–water partition coefficient (Wildman–Crippen LogP) is 16.7. The van der Waals surface area contributed by atoms with E-state index in [1.54, 1.807) is 0 Å². The normalized spacial score (nSPS) is 13.3. The Morgan fingerprint density at radius 2 is 0.833 bits per heavy atom. The molecule has 0 saturated heterocycles. The van der Waals surface area contributed by atoms with Crippen LogP contribution >= 0.6 is 0 Å². The maximum absolute atomic E-state index is 6.34. The summed E-state index contributed by atoms with van der Waals surface area (Å²) < 4.78 is 6.34. The summed E-state index contributed by atoms with van der Waals surface area (Å²) in [6, 6.07) is 72.1. The SMILES string of the molecule is CC1(C)c2ccc(-c3ccc(-c4c5ccccc5c(-c5cccc6ccccc56)c5ccccc45)c4ccccc34)cc2-c2cc3cc4oc5ccccc5c4cc3cc21. The van der Waals surface area contributed by atoms with Crippen molar-refractivity contribution in [2.24, 2.45) is 0 Å². The summed E-state index contributed by atoms with van der Waals surface area (Å²) in [6.45, 7) is 4.75. The molecule has 0 spiro atoms. The monoisotopic (exact) mass is 762 g/mol. The molecule has 0 fully saturated rings. The Kier molecular flexibility index (Phi) is 6.85. The molecule has 280 valence electrons. The molecule has 13 rings (SSSR count). The van der Waals surface area contributed by atoms with Gasteiger partial charge in [0.1, 0.15) is 11.2 Å². The highest BCUT2D eigenvalue weighted by Gasteiger charge is 2.36. The van der Waals surface area contributed by atoms with Crippen molar-refractivity contribution in [3.05, 3.63) is 205 Å². The van der Waals surface area contributed by atoms with Crippen LogP contribution in [0.1, 0.15) is 25.0 Å². The molecule has 0 saturated carbocycles. The Balaban J connectivity index is 1.01. The third-order valence-electron chi connectivity index (χ3n) is 13.6. The average Bonchev–Trinajstić information content (AvgIpc) is 3.76. The van der Waals surface area contributed by atoms with E-state index >= 15 is 0 Å². The van der Waals surface area contributed by atoms with Gasteiger partial charge in [-0.05, 0) is 146 Å². The summed E-state index contributed by atoms with van der Waals surface area (Å²) in [7, 11) is 0.